The summed E-state index contributed by atoms with van der Waals surface area (Å²) in [6.45, 7) is 0. The zero-order valence-corrected chi connectivity index (χ0v) is 15.2. The highest BCUT2D eigenvalue weighted by Gasteiger charge is 2.21. The summed E-state index contributed by atoms with van der Waals surface area (Å²) in [5.41, 5.74) is 1.36. The maximum Gasteiger partial charge on any atom is 0.141 e. The molecule has 2 nitrogen and oxygen atoms in total. The molecule has 0 radical (unpaired) electrons. The monoisotopic (exact) mass is 436 g/mol. The summed E-state index contributed by atoms with van der Waals surface area (Å²) in [5.74, 6) is 0.853. The fourth-order valence-corrected chi connectivity index (χ4v) is 3.48. The van der Waals surface area contributed by atoms with Crippen LogP contribution in [0.1, 0.15) is 16.5 Å². The van der Waals surface area contributed by atoms with Crippen molar-refractivity contribution in [2.45, 2.75) is 5.38 Å². The number of halogens is 4. The van der Waals surface area contributed by atoms with Gasteiger partial charge in [-0.3, -0.25) is 0 Å². The van der Waals surface area contributed by atoms with Gasteiger partial charge in [0.1, 0.15) is 21.8 Å². The van der Waals surface area contributed by atoms with Crippen molar-refractivity contribution in [2.75, 3.05) is 14.2 Å². The molecule has 0 aliphatic carbocycles. The zero-order chi connectivity index (χ0) is 15.6. The molecule has 0 bridgehead atoms. The van der Waals surface area contributed by atoms with Crippen molar-refractivity contribution in [1.82, 2.24) is 0 Å². The second-order valence-corrected chi connectivity index (χ2v) is 6.41. The molecular formula is C15H12Br2ClFO2. The molecule has 0 heterocycles. The molecule has 0 amide bonds. The lowest BCUT2D eigenvalue weighted by Gasteiger charge is -2.17. The highest BCUT2D eigenvalue weighted by molar-refractivity contribution is 9.11. The van der Waals surface area contributed by atoms with E-state index in [-0.39, 0.29) is 5.82 Å². The molecule has 2 aromatic carbocycles. The van der Waals surface area contributed by atoms with Crippen molar-refractivity contribution >= 4 is 43.5 Å². The lowest BCUT2D eigenvalue weighted by atomic mass is 10.0. The summed E-state index contributed by atoms with van der Waals surface area (Å²) in [6, 6.07) is 8.15. The van der Waals surface area contributed by atoms with Crippen LogP contribution in [-0.4, -0.2) is 14.2 Å². The number of methoxy groups -OCH3 is 2. The Bertz CT molecular complexity index is 644. The molecule has 21 heavy (non-hydrogen) atoms. The predicted octanol–water partition coefficient (Wildman–Crippen LogP) is 5.70. The molecule has 2 rings (SSSR count). The van der Waals surface area contributed by atoms with Crippen LogP contribution in [0.5, 0.6) is 11.5 Å². The SMILES string of the molecule is COc1ccc(C(Cl)c2cc(F)cc(Br)c2)c(OC)c1Br. The van der Waals surface area contributed by atoms with E-state index in [1.807, 2.05) is 0 Å². The van der Waals surface area contributed by atoms with Crippen LogP contribution in [0.4, 0.5) is 4.39 Å². The smallest absolute Gasteiger partial charge is 0.141 e. The highest BCUT2D eigenvalue weighted by atomic mass is 79.9. The van der Waals surface area contributed by atoms with Crippen LogP contribution in [0.3, 0.4) is 0 Å². The number of rotatable bonds is 4. The molecule has 0 N–H and O–H groups in total. The average Bonchev–Trinajstić information content (AvgIpc) is 2.45. The van der Waals surface area contributed by atoms with E-state index < -0.39 is 5.38 Å². The van der Waals surface area contributed by atoms with Crippen molar-refractivity contribution in [2.24, 2.45) is 0 Å². The molecule has 0 spiro atoms. The van der Waals surface area contributed by atoms with Gasteiger partial charge in [0.05, 0.1) is 19.6 Å². The topological polar surface area (TPSA) is 18.5 Å². The van der Waals surface area contributed by atoms with Crippen molar-refractivity contribution in [3.8, 4) is 11.5 Å². The Morgan fingerprint density at radius 2 is 1.81 bits per heavy atom. The molecule has 1 atom stereocenters. The predicted molar refractivity (Wildman–Crippen MR) is 89.0 cm³/mol. The summed E-state index contributed by atoms with van der Waals surface area (Å²) in [6.07, 6.45) is 0. The van der Waals surface area contributed by atoms with Gasteiger partial charge in [-0.2, -0.15) is 0 Å². The molecule has 0 fully saturated rings. The van der Waals surface area contributed by atoms with E-state index in [2.05, 4.69) is 31.9 Å². The van der Waals surface area contributed by atoms with Crippen molar-refractivity contribution in [3.05, 3.63) is 56.2 Å². The Labute approximate surface area is 144 Å². The zero-order valence-electron chi connectivity index (χ0n) is 11.3. The molecule has 0 aliphatic rings. The first-order valence-corrected chi connectivity index (χ1v) is 8.00. The molecule has 2 aromatic rings. The van der Waals surface area contributed by atoms with Crippen LogP contribution >= 0.6 is 43.5 Å². The van der Waals surface area contributed by atoms with Crippen molar-refractivity contribution < 1.29 is 13.9 Å². The Balaban J connectivity index is 2.52. The summed E-state index contributed by atoms with van der Waals surface area (Å²) in [4.78, 5) is 0. The van der Waals surface area contributed by atoms with Crippen LogP contribution < -0.4 is 9.47 Å². The van der Waals surface area contributed by atoms with Crippen LogP contribution in [0.15, 0.2) is 39.3 Å². The Kier molecular flexibility index (Phi) is 5.52. The maximum absolute atomic E-state index is 13.5. The van der Waals surface area contributed by atoms with E-state index in [1.54, 1.807) is 32.4 Å². The molecule has 112 valence electrons. The fourth-order valence-electron chi connectivity index (χ4n) is 2.02. The molecule has 0 aromatic heterocycles. The lowest BCUT2D eigenvalue weighted by molar-refractivity contribution is 0.386. The number of hydrogen-bond acceptors (Lipinski definition) is 2. The normalized spacial score (nSPS) is 12.1. The molecule has 0 saturated carbocycles. The second-order valence-electron chi connectivity index (χ2n) is 4.27. The van der Waals surface area contributed by atoms with Crippen LogP contribution in [-0.2, 0) is 0 Å². The maximum atomic E-state index is 13.5. The standard InChI is InChI=1S/C15H12Br2ClFO2/c1-20-12-4-3-11(15(21-2)13(12)17)14(18)8-5-9(16)7-10(19)6-8/h3-7,14H,1-2H3. The number of alkyl halides is 1. The molecular weight excluding hydrogens is 426 g/mol. The fraction of sp³-hybridized carbons (Fsp3) is 0.200. The quantitative estimate of drug-likeness (QED) is 0.571. The van der Waals surface area contributed by atoms with E-state index in [0.29, 0.717) is 26.0 Å². The summed E-state index contributed by atoms with van der Waals surface area (Å²) < 4.78 is 25.5. The van der Waals surface area contributed by atoms with Crippen LogP contribution in [0, 0.1) is 5.82 Å². The van der Waals surface area contributed by atoms with Crippen LogP contribution in [0.2, 0.25) is 0 Å². The number of ether oxygens (including phenoxy) is 2. The third-order valence-corrected chi connectivity index (χ3v) is 4.66. The van der Waals surface area contributed by atoms with Crippen molar-refractivity contribution in [3.63, 3.8) is 0 Å². The second kappa shape index (κ2) is 6.99. The largest absolute Gasteiger partial charge is 0.495 e. The van der Waals surface area contributed by atoms with Gasteiger partial charge in [-0.15, -0.1) is 11.6 Å². The Hall–Kier alpha value is -0.780. The first kappa shape index (κ1) is 16.6. The average molecular weight is 439 g/mol. The third kappa shape index (κ3) is 3.52. The van der Waals surface area contributed by atoms with Gasteiger partial charge in [-0.25, -0.2) is 4.39 Å². The summed E-state index contributed by atoms with van der Waals surface area (Å²) in [7, 11) is 3.12. The minimum absolute atomic E-state index is 0.350. The Morgan fingerprint density at radius 3 is 2.38 bits per heavy atom. The van der Waals surface area contributed by atoms with E-state index >= 15 is 0 Å². The molecule has 1 unspecified atom stereocenters. The Morgan fingerprint density at radius 1 is 1.10 bits per heavy atom. The van der Waals surface area contributed by atoms with E-state index in [4.69, 9.17) is 21.1 Å². The first-order chi connectivity index (χ1) is 9.97. The van der Waals surface area contributed by atoms with E-state index in [0.717, 1.165) is 5.56 Å². The van der Waals surface area contributed by atoms with Gasteiger partial charge in [0, 0.05) is 10.0 Å². The molecule has 0 aliphatic heterocycles. The van der Waals surface area contributed by atoms with Gasteiger partial charge in [0.2, 0.25) is 0 Å². The number of hydrogen-bond donors (Lipinski definition) is 0. The first-order valence-electron chi connectivity index (χ1n) is 5.98. The van der Waals surface area contributed by atoms with Gasteiger partial charge in [0.25, 0.3) is 0 Å². The highest BCUT2D eigenvalue weighted by Crippen LogP contribution is 2.43. The van der Waals surface area contributed by atoms with Gasteiger partial charge in [-0.05, 0) is 51.8 Å². The lowest BCUT2D eigenvalue weighted by Crippen LogP contribution is -2.00. The minimum atomic E-state index is -0.547. The van der Waals surface area contributed by atoms with E-state index in [1.165, 1.54) is 12.1 Å². The van der Waals surface area contributed by atoms with Crippen LogP contribution in [0.25, 0.3) is 0 Å². The third-order valence-electron chi connectivity index (χ3n) is 2.97. The molecule has 6 heteroatoms. The minimum Gasteiger partial charge on any atom is -0.495 e. The van der Waals surface area contributed by atoms with Gasteiger partial charge >= 0.3 is 0 Å². The van der Waals surface area contributed by atoms with E-state index in [9.17, 15) is 4.39 Å². The van der Waals surface area contributed by atoms with Gasteiger partial charge < -0.3 is 9.47 Å². The molecule has 0 saturated heterocycles. The van der Waals surface area contributed by atoms with Crippen molar-refractivity contribution in [1.29, 1.82) is 0 Å². The van der Waals surface area contributed by atoms with Gasteiger partial charge in [-0.1, -0.05) is 15.9 Å². The summed E-state index contributed by atoms with van der Waals surface area (Å²) >= 11 is 13.2. The number of benzene rings is 2. The van der Waals surface area contributed by atoms with Gasteiger partial charge in [0.15, 0.2) is 0 Å². The summed E-state index contributed by atoms with van der Waals surface area (Å²) in [5, 5.41) is -0.547.